The van der Waals surface area contributed by atoms with Crippen LogP contribution >= 0.6 is 0 Å². The van der Waals surface area contributed by atoms with Crippen LogP contribution in [0.5, 0.6) is 0 Å². The maximum Gasteiger partial charge on any atom is 0.119 e. The minimum atomic E-state index is -0.409. The Labute approximate surface area is 279 Å². The van der Waals surface area contributed by atoms with E-state index >= 15 is 0 Å². The molecule has 2 aliphatic carbocycles. The number of fused-ring (bicyclic) bond motifs is 4. The minimum absolute atomic E-state index is 0.105. The Morgan fingerprint density at radius 1 is 1.02 bits per heavy atom. The molecule has 0 spiro atoms. The first kappa shape index (κ1) is 32.9. The van der Waals surface area contributed by atoms with Gasteiger partial charge in [0, 0.05) is 23.1 Å². The van der Waals surface area contributed by atoms with Gasteiger partial charge in [-0.25, -0.2) is 0 Å². The molecular formula is C43H57NO2. The molecule has 0 amide bonds. The Hall–Kier alpha value is -3.04. The van der Waals surface area contributed by atoms with Crippen molar-refractivity contribution < 1.29 is 9.47 Å². The van der Waals surface area contributed by atoms with Gasteiger partial charge in [-0.2, -0.15) is 0 Å². The number of hydrogen-bond donors (Lipinski definition) is 0. The molecule has 3 unspecified atom stereocenters. The second kappa shape index (κ2) is 11.6. The summed E-state index contributed by atoms with van der Waals surface area (Å²) in [6.45, 7) is 25.1. The number of anilines is 1. The highest BCUT2D eigenvalue weighted by molar-refractivity contribution is 5.86. The highest BCUT2D eigenvalue weighted by atomic mass is 16.5. The topological polar surface area (TPSA) is 21.7 Å². The first-order chi connectivity index (χ1) is 21.5. The largest absolute Gasteiger partial charge is 0.501 e. The summed E-state index contributed by atoms with van der Waals surface area (Å²) in [5, 5.41) is 0. The van der Waals surface area contributed by atoms with Crippen molar-refractivity contribution in [1.29, 1.82) is 0 Å². The van der Waals surface area contributed by atoms with Crippen molar-refractivity contribution in [2.24, 2.45) is 16.7 Å². The third kappa shape index (κ3) is 5.61. The Kier molecular flexibility index (Phi) is 8.28. The summed E-state index contributed by atoms with van der Waals surface area (Å²) in [7, 11) is 1.79. The van der Waals surface area contributed by atoms with Crippen LogP contribution in [-0.4, -0.2) is 19.3 Å². The molecule has 3 heteroatoms. The first-order valence-electron chi connectivity index (χ1n) is 17.6. The second-order valence-corrected chi connectivity index (χ2v) is 17.1. The van der Waals surface area contributed by atoms with Crippen LogP contribution in [0.3, 0.4) is 0 Å². The van der Waals surface area contributed by atoms with E-state index in [2.05, 4.69) is 136 Å². The predicted octanol–water partition coefficient (Wildman–Crippen LogP) is 11.3. The Balaban J connectivity index is 1.52. The predicted molar refractivity (Wildman–Crippen MR) is 195 cm³/mol. The fourth-order valence-electron chi connectivity index (χ4n) is 8.29. The number of ether oxygens (including phenoxy) is 2. The zero-order valence-electron chi connectivity index (χ0n) is 30.6. The van der Waals surface area contributed by atoms with E-state index in [1.165, 1.54) is 55.8 Å². The molecule has 6 rings (SSSR count). The van der Waals surface area contributed by atoms with Gasteiger partial charge in [0.25, 0.3) is 0 Å². The minimum Gasteiger partial charge on any atom is -0.501 e. The van der Waals surface area contributed by atoms with E-state index in [1.54, 1.807) is 7.11 Å². The second-order valence-electron chi connectivity index (χ2n) is 17.1. The number of allylic oxidation sites excluding steroid dienone is 6. The van der Waals surface area contributed by atoms with E-state index < -0.39 is 5.60 Å². The van der Waals surface area contributed by atoms with Crippen molar-refractivity contribution in [1.82, 2.24) is 0 Å². The van der Waals surface area contributed by atoms with E-state index in [0.29, 0.717) is 5.92 Å². The number of nitrogens with zero attached hydrogens (tertiary/aromatic N) is 1. The van der Waals surface area contributed by atoms with Crippen LogP contribution in [0, 0.1) is 23.7 Å². The molecule has 4 atom stereocenters. The zero-order chi connectivity index (χ0) is 33.3. The summed E-state index contributed by atoms with van der Waals surface area (Å²) in [5.41, 5.74) is 13.5. The van der Waals surface area contributed by atoms with Gasteiger partial charge in [0.1, 0.15) is 5.60 Å². The quantitative estimate of drug-likeness (QED) is 0.288. The standard InChI is InChI=1S/C43H57NO2/c1-26(2)19-32-23-37-35-21-28(4)20-33-25-43(40(33)35,46-39(42(9,10)11)24-38(45-12)41(6,7)8)29(5)44(37)36-18-17-31(22-34(32)36)30-15-13-27(3)14-16-30/h13,15,17-18,20-24,26,29,37,39H,14,16,19,25H2,1-12H3/b38-24-/t29?,37?,39?,43-/m0/s1. The van der Waals surface area contributed by atoms with Crippen molar-refractivity contribution in [3.05, 3.63) is 99.3 Å². The molecule has 246 valence electrons. The van der Waals surface area contributed by atoms with Gasteiger partial charge < -0.3 is 14.4 Å². The summed E-state index contributed by atoms with van der Waals surface area (Å²) in [4.78, 5) is 2.71. The van der Waals surface area contributed by atoms with Crippen LogP contribution in [-0.2, 0) is 21.5 Å². The van der Waals surface area contributed by atoms with E-state index in [1.807, 2.05) is 0 Å². The van der Waals surface area contributed by atoms with Gasteiger partial charge in [-0.05, 0) is 103 Å². The van der Waals surface area contributed by atoms with Crippen molar-refractivity contribution in [3.63, 3.8) is 0 Å². The van der Waals surface area contributed by atoms with Gasteiger partial charge >= 0.3 is 0 Å². The Morgan fingerprint density at radius 3 is 2.37 bits per heavy atom. The molecule has 2 aromatic carbocycles. The molecule has 0 radical (unpaired) electrons. The molecule has 2 heterocycles. The van der Waals surface area contributed by atoms with Crippen molar-refractivity contribution in [2.75, 3.05) is 12.0 Å². The number of benzene rings is 2. The van der Waals surface area contributed by atoms with E-state index in [-0.39, 0.29) is 29.0 Å². The van der Waals surface area contributed by atoms with Gasteiger partial charge in [-0.15, -0.1) is 0 Å². The van der Waals surface area contributed by atoms with E-state index in [9.17, 15) is 0 Å². The van der Waals surface area contributed by atoms with Crippen LogP contribution in [0.15, 0.2) is 66.0 Å². The van der Waals surface area contributed by atoms with Crippen LogP contribution < -0.4 is 4.90 Å². The number of aryl methyl sites for hydroxylation is 1. The smallest absolute Gasteiger partial charge is 0.119 e. The first-order valence-corrected chi connectivity index (χ1v) is 17.6. The molecule has 2 aromatic rings. The van der Waals surface area contributed by atoms with E-state index in [0.717, 1.165) is 31.4 Å². The summed E-state index contributed by atoms with van der Waals surface area (Å²) >= 11 is 0. The van der Waals surface area contributed by atoms with Gasteiger partial charge in [0.15, 0.2) is 0 Å². The van der Waals surface area contributed by atoms with Crippen LogP contribution in [0.2, 0.25) is 0 Å². The third-order valence-corrected chi connectivity index (χ3v) is 10.8. The zero-order valence-corrected chi connectivity index (χ0v) is 30.6. The van der Waals surface area contributed by atoms with Crippen molar-refractivity contribution in [2.45, 2.75) is 126 Å². The molecule has 3 nitrogen and oxygen atoms in total. The lowest BCUT2D eigenvalue weighted by molar-refractivity contribution is -0.147. The van der Waals surface area contributed by atoms with Crippen LogP contribution in [0.4, 0.5) is 5.69 Å². The van der Waals surface area contributed by atoms with E-state index in [4.69, 9.17) is 9.47 Å². The number of methoxy groups -OCH3 is 1. The summed E-state index contributed by atoms with van der Waals surface area (Å²) in [6, 6.07) is 12.5. The monoisotopic (exact) mass is 619 g/mol. The lowest BCUT2D eigenvalue weighted by atomic mass is 9.61. The molecule has 0 bridgehead atoms. The molecule has 0 aromatic heterocycles. The molecule has 46 heavy (non-hydrogen) atoms. The number of hydrogen-bond acceptors (Lipinski definition) is 3. The van der Waals surface area contributed by atoms with Gasteiger partial charge in [-0.3, -0.25) is 0 Å². The maximum absolute atomic E-state index is 7.58. The maximum atomic E-state index is 7.58. The number of rotatable bonds is 7. The van der Waals surface area contributed by atoms with Gasteiger partial charge in [0.2, 0.25) is 0 Å². The summed E-state index contributed by atoms with van der Waals surface area (Å²) < 4.78 is 13.6. The normalized spacial score (nSPS) is 24.7. The highest BCUT2D eigenvalue weighted by Crippen LogP contribution is 2.60. The average molecular weight is 620 g/mol. The molecule has 0 N–H and O–H groups in total. The van der Waals surface area contributed by atoms with Crippen LogP contribution in [0.1, 0.15) is 128 Å². The SMILES string of the molecule is CO/C(=C\C(O[C@]12Cc3cc(C)cc(c31)C1C=C(CC(C)C)c3cc(C4=CC=C(C)CC4)ccc3N1C2C)C(C)(C)C)C(C)(C)C. The molecule has 2 aliphatic heterocycles. The van der Waals surface area contributed by atoms with Crippen LogP contribution in [0.25, 0.3) is 11.1 Å². The molecule has 4 aliphatic rings. The molecule has 0 saturated carbocycles. The fourth-order valence-corrected chi connectivity index (χ4v) is 8.29. The highest BCUT2D eigenvalue weighted by Gasteiger charge is 2.59. The summed E-state index contributed by atoms with van der Waals surface area (Å²) in [5.74, 6) is 1.56. The van der Waals surface area contributed by atoms with Crippen molar-refractivity contribution in [3.8, 4) is 0 Å². The third-order valence-electron chi connectivity index (χ3n) is 10.8. The fraction of sp³-hybridized carbons (Fsp3) is 0.535. The molecular weight excluding hydrogens is 562 g/mol. The Bertz CT molecular complexity index is 1650. The lowest BCUT2D eigenvalue weighted by Crippen LogP contribution is -2.63. The van der Waals surface area contributed by atoms with Gasteiger partial charge in [0.05, 0.1) is 31.1 Å². The Morgan fingerprint density at radius 2 is 1.76 bits per heavy atom. The summed E-state index contributed by atoms with van der Waals surface area (Å²) in [6.07, 6.45) is 13.6. The molecule has 0 saturated heterocycles. The van der Waals surface area contributed by atoms with Crippen molar-refractivity contribution >= 4 is 16.8 Å². The lowest BCUT2D eigenvalue weighted by Gasteiger charge is -2.61. The molecule has 0 fully saturated rings. The van der Waals surface area contributed by atoms with Gasteiger partial charge in [-0.1, -0.05) is 103 Å². The average Bonchev–Trinajstić information content (AvgIpc) is 2.95.